The van der Waals surface area contributed by atoms with Gasteiger partial charge in [0.2, 0.25) is 0 Å². The van der Waals surface area contributed by atoms with Gasteiger partial charge >= 0.3 is 0 Å². The quantitative estimate of drug-likeness (QED) is 0.304. The molecule has 0 aromatic heterocycles. The summed E-state index contributed by atoms with van der Waals surface area (Å²) < 4.78 is 0. The van der Waals surface area contributed by atoms with Crippen LogP contribution < -0.4 is 11.3 Å². The normalized spacial score (nSPS) is 12.3. The summed E-state index contributed by atoms with van der Waals surface area (Å²) in [4.78, 5) is 0. The Kier molecular flexibility index (Phi) is 6.54. The Morgan fingerprint density at radius 1 is 1.19 bits per heavy atom. The number of hydrogen-bond acceptors (Lipinski definition) is 2. The van der Waals surface area contributed by atoms with Crippen molar-refractivity contribution in [3.05, 3.63) is 48.6 Å². The third kappa shape index (κ3) is 4.60. The van der Waals surface area contributed by atoms with E-state index in [1.54, 1.807) is 0 Å². The lowest BCUT2D eigenvalue weighted by Crippen LogP contribution is -2.27. The predicted molar refractivity (Wildman–Crippen MR) is 69.8 cm³/mol. The number of nitrogens with two attached hydrogens (primary N) is 1. The van der Waals surface area contributed by atoms with E-state index >= 15 is 0 Å². The van der Waals surface area contributed by atoms with Crippen LogP contribution in [0.25, 0.3) is 0 Å². The fourth-order valence-electron chi connectivity index (χ4n) is 1.85. The molecule has 16 heavy (non-hydrogen) atoms. The standard InChI is InChI=1S/C14H22N2/c1-2-3-4-5-9-12-14(16-15)13-10-7-6-8-11-13/h2,6-8,10-11,14,16H,1,3-5,9,12,15H2. The summed E-state index contributed by atoms with van der Waals surface area (Å²) in [5.41, 5.74) is 4.16. The van der Waals surface area contributed by atoms with Gasteiger partial charge in [0.1, 0.15) is 0 Å². The van der Waals surface area contributed by atoms with Crippen molar-refractivity contribution in [2.24, 2.45) is 5.84 Å². The van der Waals surface area contributed by atoms with Crippen LogP contribution in [0.5, 0.6) is 0 Å². The SMILES string of the molecule is C=CCCCCCC(NN)c1ccccc1. The van der Waals surface area contributed by atoms with Crippen molar-refractivity contribution in [3.63, 3.8) is 0 Å². The van der Waals surface area contributed by atoms with Crippen molar-refractivity contribution < 1.29 is 0 Å². The van der Waals surface area contributed by atoms with E-state index in [2.05, 4.69) is 36.3 Å². The van der Waals surface area contributed by atoms with Gasteiger partial charge < -0.3 is 0 Å². The zero-order valence-electron chi connectivity index (χ0n) is 9.86. The van der Waals surface area contributed by atoms with Gasteiger partial charge in [0.25, 0.3) is 0 Å². The minimum atomic E-state index is 0.282. The van der Waals surface area contributed by atoms with Crippen LogP contribution in [-0.2, 0) is 0 Å². The molecular weight excluding hydrogens is 196 g/mol. The van der Waals surface area contributed by atoms with Crippen LogP contribution in [0, 0.1) is 0 Å². The third-order valence-electron chi connectivity index (χ3n) is 2.80. The molecular formula is C14H22N2. The first kappa shape index (κ1) is 12.9. The molecule has 1 rings (SSSR count). The van der Waals surface area contributed by atoms with E-state index < -0.39 is 0 Å². The van der Waals surface area contributed by atoms with E-state index in [1.165, 1.54) is 24.8 Å². The van der Waals surface area contributed by atoms with Crippen LogP contribution >= 0.6 is 0 Å². The molecule has 0 bridgehead atoms. The Morgan fingerprint density at radius 2 is 1.94 bits per heavy atom. The Hall–Kier alpha value is -1.12. The summed E-state index contributed by atoms with van der Waals surface area (Å²) in [6.07, 6.45) is 7.88. The van der Waals surface area contributed by atoms with Crippen molar-refractivity contribution in [1.29, 1.82) is 0 Å². The van der Waals surface area contributed by atoms with Gasteiger partial charge in [-0.05, 0) is 24.8 Å². The van der Waals surface area contributed by atoms with Crippen LogP contribution in [0.4, 0.5) is 0 Å². The lowest BCUT2D eigenvalue weighted by Gasteiger charge is -2.15. The molecule has 0 radical (unpaired) electrons. The number of benzene rings is 1. The number of hydrogen-bond donors (Lipinski definition) is 2. The molecule has 1 unspecified atom stereocenters. The van der Waals surface area contributed by atoms with Crippen molar-refractivity contribution in [3.8, 4) is 0 Å². The molecule has 1 aromatic carbocycles. The second-order valence-corrected chi connectivity index (χ2v) is 4.06. The van der Waals surface area contributed by atoms with Crippen LogP contribution in [-0.4, -0.2) is 0 Å². The van der Waals surface area contributed by atoms with Crippen LogP contribution in [0.3, 0.4) is 0 Å². The largest absolute Gasteiger partial charge is 0.271 e. The summed E-state index contributed by atoms with van der Waals surface area (Å²) in [7, 11) is 0. The average molecular weight is 218 g/mol. The molecule has 1 aromatic rings. The number of allylic oxidation sites excluding steroid dienone is 1. The van der Waals surface area contributed by atoms with E-state index in [0.717, 1.165) is 12.8 Å². The lowest BCUT2D eigenvalue weighted by molar-refractivity contribution is 0.484. The Balaban J connectivity index is 2.30. The highest BCUT2D eigenvalue weighted by Crippen LogP contribution is 2.18. The molecule has 0 heterocycles. The molecule has 0 spiro atoms. The van der Waals surface area contributed by atoms with Gasteiger partial charge in [-0.3, -0.25) is 11.3 Å². The molecule has 0 fully saturated rings. The monoisotopic (exact) mass is 218 g/mol. The highest BCUT2D eigenvalue weighted by atomic mass is 15.2. The summed E-state index contributed by atoms with van der Waals surface area (Å²) in [6, 6.07) is 10.7. The van der Waals surface area contributed by atoms with Gasteiger partial charge in [0, 0.05) is 6.04 Å². The van der Waals surface area contributed by atoms with E-state index in [0.29, 0.717) is 0 Å². The number of hydrazine groups is 1. The molecule has 3 N–H and O–H groups in total. The average Bonchev–Trinajstić information content (AvgIpc) is 2.35. The maximum atomic E-state index is 5.58. The van der Waals surface area contributed by atoms with Crippen molar-refractivity contribution in [1.82, 2.24) is 5.43 Å². The van der Waals surface area contributed by atoms with E-state index in [1.807, 2.05) is 12.1 Å². The van der Waals surface area contributed by atoms with E-state index in [9.17, 15) is 0 Å². The minimum Gasteiger partial charge on any atom is -0.271 e. The molecule has 2 nitrogen and oxygen atoms in total. The Bertz CT molecular complexity index is 282. The van der Waals surface area contributed by atoms with Crippen molar-refractivity contribution in [2.75, 3.05) is 0 Å². The van der Waals surface area contributed by atoms with Crippen molar-refractivity contribution in [2.45, 2.75) is 38.1 Å². The summed E-state index contributed by atoms with van der Waals surface area (Å²) in [5.74, 6) is 5.58. The molecule has 88 valence electrons. The maximum Gasteiger partial charge on any atom is 0.0460 e. The lowest BCUT2D eigenvalue weighted by atomic mass is 10.0. The van der Waals surface area contributed by atoms with E-state index in [-0.39, 0.29) is 6.04 Å². The Morgan fingerprint density at radius 3 is 2.56 bits per heavy atom. The second kappa shape index (κ2) is 8.08. The molecule has 0 aliphatic heterocycles. The van der Waals surface area contributed by atoms with Crippen LogP contribution in [0.2, 0.25) is 0 Å². The highest BCUT2D eigenvalue weighted by molar-refractivity contribution is 5.18. The molecule has 0 amide bonds. The second-order valence-electron chi connectivity index (χ2n) is 4.06. The minimum absolute atomic E-state index is 0.282. The first-order valence-corrected chi connectivity index (χ1v) is 6.00. The van der Waals surface area contributed by atoms with Gasteiger partial charge in [-0.25, -0.2) is 0 Å². The smallest absolute Gasteiger partial charge is 0.0460 e. The van der Waals surface area contributed by atoms with Crippen LogP contribution in [0.15, 0.2) is 43.0 Å². The maximum absolute atomic E-state index is 5.58. The predicted octanol–water partition coefficient (Wildman–Crippen LogP) is 3.33. The third-order valence-corrected chi connectivity index (χ3v) is 2.80. The molecule has 0 saturated heterocycles. The fourth-order valence-corrected chi connectivity index (χ4v) is 1.85. The van der Waals surface area contributed by atoms with Gasteiger partial charge in [0.05, 0.1) is 0 Å². The number of nitrogens with one attached hydrogen (secondary N) is 1. The van der Waals surface area contributed by atoms with E-state index in [4.69, 9.17) is 5.84 Å². The van der Waals surface area contributed by atoms with Crippen molar-refractivity contribution >= 4 is 0 Å². The molecule has 0 aliphatic carbocycles. The first-order valence-electron chi connectivity index (χ1n) is 6.00. The molecule has 0 aliphatic rings. The van der Waals surface area contributed by atoms with Gasteiger partial charge in [-0.1, -0.05) is 49.2 Å². The van der Waals surface area contributed by atoms with Gasteiger partial charge in [-0.2, -0.15) is 0 Å². The topological polar surface area (TPSA) is 38.0 Å². The zero-order valence-corrected chi connectivity index (χ0v) is 9.86. The summed E-state index contributed by atoms with van der Waals surface area (Å²) >= 11 is 0. The fraction of sp³-hybridized carbons (Fsp3) is 0.429. The molecule has 0 saturated carbocycles. The number of rotatable bonds is 8. The zero-order chi connectivity index (χ0) is 11.6. The summed E-state index contributed by atoms with van der Waals surface area (Å²) in [6.45, 7) is 3.72. The highest BCUT2D eigenvalue weighted by Gasteiger charge is 2.07. The summed E-state index contributed by atoms with van der Waals surface area (Å²) in [5, 5.41) is 0. The first-order chi connectivity index (χ1) is 7.88. The molecule has 1 atom stereocenters. The van der Waals surface area contributed by atoms with Crippen LogP contribution in [0.1, 0.15) is 43.7 Å². The van der Waals surface area contributed by atoms with Gasteiger partial charge in [-0.15, -0.1) is 6.58 Å². The molecule has 2 heteroatoms. The number of unbranched alkanes of at least 4 members (excludes halogenated alkanes) is 3. The van der Waals surface area contributed by atoms with Gasteiger partial charge in [0.15, 0.2) is 0 Å². The Labute approximate surface area is 98.5 Å².